The third kappa shape index (κ3) is 5.02. The molecule has 0 radical (unpaired) electrons. The molecule has 1 fully saturated rings. The zero-order valence-corrected chi connectivity index (χ0v) is 16.5. The van der Waals surface area contributed by atoms with Gasteiger partial charge in [0.2, 0.25) is 5.91 Å². The minimum atomic E-state index is 0.290. The molecule has 1 aromatic heterocycles. The number of para-hydroxylation sites is 1. The lowest BCUT2D eigenvalue weighted by Crippen LogP contribution is -2.38. The lowest BCUT2D eigenvalue weighted by molar-refractivity contribution is -0.127. The fourth-order valence-corrected chi connectivity index (χ4v) is 3.62. The second-order valence-electron chi connectivity index (χ2n) is 7.09. The summed E-state index contributed by atoms with van der Waals surface area (Å²) in [6.45, 7) is 8.32. The van der Waals surface area contributed by atoms with Crippen LogP contribution in [-0.4, -0.2) is 54.5 Å². The number of H-pyrrole nitrogens is 1. The third-order valence-corrected chi connectivity index (χ3v) is 5.07. The first-order valence-electron chi connectivity index (χ1n) is 10.0. The first-order chi connectivity index (χ1) is 13.2. The van der Waals surface area contributed by atoms with Gasteiger partial charge in [-0.25, -0.2) is 0 Å². The maximum Gasteiger partial charge on any atom is 0.222 e. The molecule has 146 valence electrons. The Balaban J connectivity index is 1.47. The standard InChI is InChI=1S/C21H31N5O/c1-3-22-21(23-11-6-14-26-13-5-9-19(26)27)24-12-10-17-15-25-20-16(2)7-4-8-18(17)20/h4,7-8,15,25H,3,5-6,9-14H2,1-2H3,(H2,22,23,24). The first kappa shape index (κ1) is 19.3. The van der Waals surface area contributed by atoms with Gasteiger partial charge in [0.15, 0.2) is 5.96 Å². The highest BCUT2D eigenvalue weighted by atomic mass is 16.2. The summed E-state index contributed by atoms with van der Waals surface area (Å²) < 4.78 is 0. The predicted octanol–water partition coefficient (Wildman–Crippen LogP) is 2.59. The van der Waals surface area contributed by atoms with Crippen molar-refractivity contribution in [2.75, 3.05) is 32.7 Å². The van der Waals surface area contributed by atoms with Gasteiger partial charge < -0.3 is 20.5 Å². The van der Waals surface area contributed by atoms with E-state index in [1.54, 1.807) is 0 Å². The molecule has 0 bridgehead atoms. The fourth-order valence-electron chi connectivity index (χ4n) is 3.62. The molecule has 0 unspecified atom stereocenters. The van der Waals surface area contributed by atoms with Crippen LogP contribution < -0.4 is 10.6 Å². The van der Waals surface area contributed by atoms with Crippen molar-refractivity contribution >= 4 is 22.8 Å². The summed E-state index contributed by atoms with van der Waals surface area (Å²) in [5.41, 5.74) is 3.83. The lowest BCUT2D eigenvalue weighted by atomic mass is 10.1. The van der Waals surface area contributed by atoms with E-state index in [0.717, 1.165) is 57.9 Å². The number of hydrogen-bond donors (Lipinski definition) is 3. The molecule has 0 spiro atoms. The van der Waals surface area contributed by atoms with E-state index in [4.69, 9.17) is 0 Å². The minimum absolute atomic E-state index is 0.290. The summed E-state index contributed by atoms with van der Waals surface area (Å²) >= 11 is 0. The Kier molecular flexibility index (Phi) is 6.74. The first-order valence-corrected chi connectivity index (χ1v) is 10.0. The molecule has 3 N–H and O–H groups in total. The molecule has 3 rings (SSSR count). The molecule has 6 nitrogen and oxygen atoms in total. The van der Waals surface area contributed by atoms with Crippen LogP contribution in [0.2, 0.25) is 0 Å². The van der Waals surface area contributed by atoms with Crippen molar-refractivity contribution < 1.29 is 4.79 Å². The molecule has 1 aliphatic rings. The van der Waals surface area contributed by atoms with Crippen LogP contribution in [0.1, 0.15) is 37.3 Å². The van der Waals surface area contributed by atoms with Crippen LogP contribution in [0.4, 0.5) is 0 Å². The van der Waals surface area contributed by atoms with Crippen LogP contribution in [0.15, 0.2) is 29.4 Å². The van der Waals surface area contributed by atoms with Crippen LogP contribution in [0.3, 0.4) is 0 Å². The van der Waals surface area contributed by atoms with Gasteiger partial charge in [-0.05, 0) is 44.2 Å². The Morgan fingerprint density at radius 3 is 3.00 bits per heavy atom. The fraction of sp³-hybridized carbons (Fsp3) is 0.524. The van der Waals surface area contributed by atoms with Crippen molar-refractivity contribution in [3.63, 3.8) is 0 Å². The maximum absolute atomic E-state index is 11.6. The van der Waals surface area contributed by atoms with Crippen LogP contribution in [0.5, 0.6) is 0 Å². The number of benzene rings is 1. The van der Waals surface area contributed by atoms with Crippen molar-refractivity contribution in [1.82, 2.24) is 20.5 Å². The van der Waals surface area contributed by atoms with Gasteiger partial charge in [0.05, 0.1) is 0 Å². The van der Waals surface area contributed by atoms with Gasteiger partial charge in [-0.15, -0.1) is 0 Å². The van der Waals surface area contributed by atoms with Gasteiger partial charge in [-0.3, -0.25) is 9.79 Å². The van der Waals surface area contributed by atoms with E-state index in [1.165, 1.54) is 22.0 Å². The lowest BCUT2D eigenvalue weighted by Gasteiger charge is -2.15. The molecule has 0 aliphatic carbocycles. The highest BCUT2D eigenvalue weighted by molar-refractivity contribution is 5.86. The van der Waals surface area contributed by atoms with Crippen LogP contribution in [0, 0.1) is 6.92 Å². The number of likely N-dealkylation sites (tertiary alicyclic amines) is 1. The number of nitrogens with zero attached hydrogens (tertiary/aromatic N) is 2. The van der Waals surface area contributed by atoms with Gasteiger partial charge in [0, 0.05) is 56.2 Å². The van der Waals surface area contributed by atoms with Crippen LogP contribution in [-0.2, 0) is 11.2 Å². The smallest absolute Gasteiger partial charge is 0.222 e. The van der Waals surface area contributed by atoms with Crippen molar-refractivity contribution in [3.8, 4) is 0 Å². The van der Waals surface area contributed by atoms with Gasteiger partial charge in [0.1, 0.15) is 0 Å². The number of amides is 1. The molecule has 2 heterocycles. The number of hydrogen-bond acceptors (Lipinski definition) is 2. The third-order valence-electron chi connectivity index (χ3n) is 5.07. The Morgan fingerprint density at radius 2 is 2.22 bits per heavy atom. The molecular formula is C21H31N5O. The summed E-state index contributed by atoms with van der Waals surface area (Å²) in [4.78, 5) is 21.6. The summed E-state index contributed by atoms with van der Waals surface area (Å²) in [5, 5.41) is 8.02. The number of aromatic nitrogens is 1. The highest BCUT2D eigenvalue weighted by Gasteiger charge is 2.18. The molecule has 1 amide bonds. The number of aliphatic imine (C=N–C) groups is 1. The normalized spacial score (nSPS) is 15.0. The van der Waals surface area contributed by atoms with E-state index >= 15 is 0 Å². The number of rotatable bonds is 8. The van der Waals surface area contributed by atoms with E-state index < -0.39 is 0 Å². The van der Waals surface area contributed by atoms with Gasteiger partial charge >= 0.3 is 0 Å². The van der Waals surface area contributed by atoms with Crippen molar-refractivity contribution in [1.29, 1.82) is 0 Å². The zero-order chi connectivity index (χ0) is 19.1. The zero-order valence-electron chi connectivity index (χ0n) is 16.5. The SMILES string of the molecule is CCNC(=NCCCN1CCCC1=O)NCCc1c[nH]c2c(C)cccc12. The molecule has 6 heteroatoms. The molecule has 1 saturated heterocycles. The van der Waals surface area contributed by atoms with Gasteiger partial charge in [-0.2, -0.15) is 0 Å². The van der Waals surface area contributed by atoms with Crippen molar-refractivity contribution in [2.45, 2.75) is 39.5 Å². The number of fused-ring (bicyclic) bond motifs is 1. The molecular weight excluding hydrogens is 338 g/mol. The summed E-state index contributed by atoms with van der Waals surface area (Å²) in [6.07, 6.45) is 5.66. The number of nitrogens with one attached hydrogen (secondary N) is 3. The van der Waals surface area contributed by atoms with Crippen molar-refractivity contribution in [3.05, 3.63) is 35.5 Å². The van der Waals surface area contributed by atoms with Crippen molar-refractivity contribution in [2.24, 2.45) is 4.99 Å². The topological polar surface area (TPSA) is 72.5 Å². The number of aryl methyl sites for hydroxylation is 1. The number of carbonyl (C=O) groups is 1. The Hall–Kier alpha value is -2.50. The quantitative estimate of drug-likeness (QED) is 0.380. The second-order valence-corrected chi connectivity index (χ2v) is 7.09. The number of guanidine groups is 1. The summed E-state index contributed by atoms with van der Waals surface area (Å²) in [6, 6.07) is 6.42. The summed E-state index contributed by atoms with van der Waals surface area (Å²) in [5.74, 6) is 1.14. The molecule has 0 atom stereocenters. The van der Waals surface area contributed by atoms with Crippen LogP contribution in [0.25, 0.3) is 10.9 Å². The molecule has 27 heavy (non-hydrogen) atoms. The Morgan fingerprint density at radius 1 is 1.33 bits per heavy atom. The molecule has 1 aromatic carbocycles. The summed E-state index contributed by atoms with van der Waals surface area (Å²) in [7, 11) is 0. The number of aromatic amines is 1. The largest absolute Gasteiger partial charge is 0.361 e. The monoisotopic (exact) mass is 369 g/mol. The van der Waals surface area contributed by atoms with E-state index in [0.29, 0.717) is 6.42 Å². The van der Waals surface area contributed by atoms with E-state index in [9.17, 15) is 4.79 Å². The minimum Gasteiger partial charge on any atom is -0.361 e. The Labute approximate surface area is 161 Å². The average Bonchev–Trinajstić information content (AvgIpc) is 3.26. The molecule has 0 saturated carbocycles. The van der Waals surface area contributed by atoms with Crippen LogP contribution >= 0.6 is 0 Å². The second kappa shape index (κ2) is 9.44. The van der Waals surface area contributed by atoms with Gasteiger partial charge in [-0.1, -0.05) is 18.2 Å². The van der Waals surface area contributed by atoms with E-state index in [2.05, 4.69) is 58.9 Å². The average molecular weight is 370 g/mol. The van der Waals surface area contributed by atoms with E-state index in [-0.39, 0.29) is 5.91 Å². The highest BCUT2D eigenvalue weighted by Crippen LogP contribution is 2.21. The molecule has 2 aromatic rings. The maximum atomic E-state index is 11.6. The number of carbonyl (C=O) groups excluding carboxylic acids is 1. The predicted molar refractivity (Wildman–Crippen MR) is 111 cm³/mol. The molecule has 1 aliphatic heterocycles. The van der Waals surface area contributed by atoms with E-state index in [1.807, 2.05) is 4.90 Å². The van der Waals surface area contributed by atoms with Gasteiger partial charge in [0.25, 0.3) is 0 Å². The Bertz CT molecular complexity index is 795.